The van der Waals surface area contributed by atoms with Crippen molar-refractivity contribution in [1.29, 1.82) is 0 Å². The van der Waals surface area contributed by atoms with E-state index in [9.17, 15) is 14.4 Å². The van der Waals surface area contributed by atoms with Gasteiger partial charge in [-0.15, -0.1) is 0 Å². The first kappa shape index (κ1) is 35.8. The van der Waals surface area contributed by atoms with Gasteiger partial charge in [-0.2, -0.15) is 0 Å². The van der Waals surface area contributed by atoms with Crippen LogP contribution in [0.3, 0.4) is 0 Å². The number of carbonyl (C=O) groups excluding carboxylic acids is 3. The van der Waals surface area contributed by atoms with Crippen molar-refractivity contribution in [3.05, 3.63) is 59.7 Å². The zero-order valence-electron chi connectivity index (χ0n) is 27.4. The van der Waals surface area contributed by atoms with Crippen molar-refractivity contribution >= 4 is 35.4 Å². The third-order valence-corrected chi connectivity index (χ3v) is 7.43. The number of ether oxygens (including phenoxy) is 4. The Hall–Kier alpha value is -3.70. The first-order valence-corrected chi connectivity index (χ1v) is 15.7. The van der Waals surface area contributed by atoms with Gasteiger partial charge in [-0.05, 0) is 83.1 Å². The van der Waals surface area contributed by atoms with Crippen molar-refractivity contribution < 1.29 is 33.3 Å². The molecule has 45 heavy (non-hydrogen) atoms. The van der Waals surface area contributed by atoms with Gasteiger partial charge in [-0.25, -0.2) is 14.4 Å². The lowest BCUT2D eigenvalue weighted by atomic mass is 9.98. The van der Waals surface area contributed by atoms with Crippen molar-refractivity contribution in [3.63, 3.8) is 0 Å². The summed E-state index contributed by atoms with van der Waals surface area (Å²) in [6.07, 6.45) is 0.428. The molecule has 0 unspecified atom stereocenters. The molecule has 3 N–H and O–H groups in total. The van der Waals surface area contributed by atoms with E-state index in [2.05, 4.69) is 40.2 Å². The van der Waals surface area contributed by atoms with E-state index in [1.165, 1.54) is 18.2 Å². The monoisotopic (exact) mass is 641 g/mol. The molecular formula is C34H47N3O7S. The number of nitrogens with one attached hydrogen (secondary N) is 3. The molecule has 0 aromatic heterocycles. The summed E-state index contributed by atoms with van der Waals surface area (Å²) in [5, 5.41) is 8.57. The van der Waals surface area contributed by atoms with Gasteiger partial charge in [0.05, 0.1) is 19.3 Å². The first-order chi connectivity index (χ1) is 21.2. The molecule has 1 aliphatic carbocycles. The Bertz CT molecular complexity index is 1290. The van der Waals surface area contributed by atoms with E-state index in [0.717, 1.165) is 11.1 Å². The molecule has 0 saturated heterocycles. The molecular weight excluding hydrogens is 594 g/mol. The van der Waals surface area contributed by atoms with E-state index in [4.69, 9.17) is 31.2 Å². The number of benzene rings is 2. The van der Waals surface area contributed by atoms with Crippen molar-refractivity contribution in [2.24, 2.45) is 0 Å². The van der Waals surface area contributed by atoms with E-state index < -0.39 is 41.4 Å². The molecule has 0 bridgehead atoms. The minimum atomic E-state index is -0.755. The van der Waals surface area contributed by atoms with Crippen LogP contribution >= 0.6 is 12.2 Å². The van der Waals surface area contributed by atoms with Crippen LogP contribution < -0.4 is 16.0 Å². The number of rotatable bonds is 13. The third kappa shape index (κ3) is 11.3. The van der Waals surface area contributed by atoms with Crippen LogP contribution in [0, 0.1) is 0 Å². The molecule has 0 fully saturated rings. The summed E-state index contributed by atoms with van der Waals surface area (Å²) in [5.41, 5.74) is 3.47. The molecule has 0 heterocycles. The minimum Gasteiger partial charge on any atom is -0.467 e. The van der Waals surface area contributed by atoms with Gasteiger partial charge >= 0.3 is 18.2 Å². The number of alkyl carbamates (subject to hydrolysis) is 2. The SMILES string of the molecule is COC(=O)[C@H](CCCCNC(=O)OCC1c2ccccc2-c2ccccc21)NC(=S)[C@H](COC(C)(C)C)NC(=O)OC(C)(C)C. The first-order valence-electron chi connectivity index (χ1n) is 15.3. The smallest absolute Gasteiger partial charge is 0.408 e. The highest BCUT2D eigenvalue weighted by Crippen LogP contribution is 2.44. The minimum absolute atomic E-state index is 0.0127. The standard InChI is InChI=1S/C34H47N3O7S/c1-33(2,3)43-21-28(37-32(40)44-34(4,5)6)29(45)36-27(30(38)41-7)18-12-13-19-35-31(39)42-20-26-24-16-10-8-14-22(24)23-15-9-11-17-25(23)26/h8-11,14-17,26-28H,12-13,18-21H2,1-7H3,(H,35,39)(H,36,45)(H,37,40)/t27-,28-/m0/s1. The van der Waals surface area contributed by atoms with Gasteiger partial charge < -0.3 is 34.9 Å². The molecule has 11 heteroatoms. The summed E-state index contributed by atoms with van der Waals surface area (Å²) in [6, 6.07) is 14.9. The van der Waals surface area contributed by atoms with E-state index >= 15 is 0 Å². The van der Waals surface area contributed by atoms with Gasteiger partial charge in [0, 0.05) is 12.5 Å². The fraction of sp³-hybridized carbons (Fsp3) is 0.529. The third-order valence-electron chi connectivity index (χ3n) is 7.03. The highest BCUT2D eigenvalue weighted by Gasteiger charge is 2.30. The quantitative estimate of drug-likeness (QED) is 0.107. The molecule has 2 amide bonds. The Morgan fingerprint density at radius 2 is 1.42 bits per heavy atom. The van der Waals surface area contributed by atoms with Gasteiger partial charge in [-0.3, -0.25) is 0 Å². The average molecular weight is 642 g/mol. The molecule has 10 nitrogen and oxygen atoms in total. The number of thiocarbonyl (C=S) groups is 1. The topological polar surface area (TPSA) is 124 Å². The Labute approximate surface area is 271 Å². The molecule has 0 aliphatic heterocycles. The van der Waals surface area contributed by atoms with Crippen molar-refractivity contribution in [1.82, 2.24) is 16.0 Å². The van der Waals surface area contributed by atoms with Crippen LogP contribution in [0.2, 0.25) is 0 Å². The maximum atomic E-state index is 12.6. The van der Waals surface area contributed by atoms with E-state index in [1.54, 1.807) is 20.8 Å². The van der Waals surface area contributed by atoms with Gasteiger partial charge in [0.25, 0.3) is 0 Å². The van der Waals surface area contributed by atoms with Crippen LogP contribution in [0.15, 0.2) is 48.5 Å². The Morgan fingerprint density at radius 3 is 1.98 bits per heavy atom. The summed E-state index contributed by atoms with van der Waals surface area (Å²) in [5.74, 6) is -0.504. The normalized spacial score (nSPS) is 13.9. The lowest BCUT2D eigenvalue weighted by Gasteiger charge is -2.29. The highest BCUT2D eigenvalue weighted by atomic mass is 32.1. The van der Waals surface area contributed by atoms with E-state index in [1.807, 2.05) is 45.0 Å². The number of carbonyl (C=O) groups is 3. The zero-order chi connectivity index (χ0) is 33.2. The molecule has 2 atom stereocenters. The van der Waals surface area contributed by atoms with Crippen LogP contribution in [0.4, 0.5) is 9.59 Å². The molecule has 2 aromatic carbocycles. The van der Waals surface area contributed by atoms with E-state index in [-0.39, 0.29) is 24.1 Å². The van der Waals surface area contributed by atoms with Gasteiger partial charge in [0.2, 0.25) is 0 Å². The number of hydrogen-bond donors (Lipinski definition) is 3. The molecule has 1 aliphatic rings. The Morgan fingerprint density at radius 1 is 0.822 bits per heavy atom. The second-order valence-electron chi connectivity index (χ2n) is 13.0. The largest absolute Gasteiger partial charge is 0.467 e. The number of fused-ring (bicyclic) bond motifs is 3. The van der Waals surface area contributed by atoms with Crippen molar-refractivity contribution in [2.45, 2.75) is 90.0 Å². The van der Waals surface area contributed by atoms with Crippen LogP contribution in [-0.2, 0) is 23.7 Å². The Balaban J connectivity index is 1.48. The Kier molecular flexibility index (Phi) is 12.7. The lowest BCUT2D eigenvalue weighted by molar-refractivity contribution is -0.142. The van der Waals surface area contributed by atoms with E-state index in [0.29, 0.717) is 25.8 Å². The zero-order valence-corrected chi connectivity index (χ0v) is 28.2. The fourth-order valence-electron chi connectivity index (χ4n) is 4.94. The van der Waals surface area contributed by atoms with Crippen LogP contribution in [0.25, 0.3) is 11.1 Å². The van der Waals surface area contributed by atoms with Gasteiger partial charge in [0.1, 0.15) is 29.3 Å². The summed E-state index contributed by atoms with van der Waals surface area (Å²) in [6.45, 7) is 11.6. The summed E-state index contributed by atoms with van der Waals surface area (Å²) >= 11 is 5.58. The molecule has 0 spiro atoms. The van der Waals surface area contributed by atoms with Crippen LogP contribution in [0.5, 0.6) is 0 Å². The number of amides is 2. The predicted molar refractivity (Wildman–Crippen MR) is 177 cm³/mol. The summed E-state index contributed by atoms with van der Waals surface area (Å²) < 4.78 is 21.8. The van der Waals surface area contributed by atoms with Crippen LogP contribution in [-0.4, -0.2) is 73.3 Å². The fourth-order valence-corrected chi connectivity index (χ4v) is 5.21. The number of methoxy groups -OCH3 is 1. The molecule has 0 saturated carbocycles. The number of hydrogen-bond acceptors (Lipinski definition) is 8. The second kappa shape index (κ2) is 16.0. The maximum Gasteiger partial charge on any atom is 0.408 e. The number of esters is 1. The maximum absolute atomic E-state index is 12.6. The summed E-state index contributed by atoms with van der Waals surface area (Å²) in [4.78, 5) is 37.8. The predicted octanol–water partition coefficient (Wildman–Crippen LogP) is 5.86. The molecule has 0 radical (unpaired) electrons. The van der Waals surface area contributed by atoms with Crippen molar-refractivity contribution in [2.75, 3.05) is 26.9 Å². The number of unbranched alkanes of at least 4 members (excludes halogenated alkanes) is 1. The molecule has 3 rings (SSSR count). The summed E-state index contributed by atoms with van der Waals surface area (Å²) in [7, 11) is 1.30. The lowest BCUT2D eigenvalue weighted by Crippen LogP contribution is -2.54. The van der Waals surface area contributed by atoms with Crippen LogP contribution in [0.1, 0.15) is 77.8 Å². The molecule has 246 valence electrons. The second-order valence-corrected chi connectivity index (χ2v) is 13.4. The van der Waals surface area contributed by atoms with Gasteiger partial charge in [-0.1, -0.05) is 60.7 Å². The average Bonchev–Trinajstić information content (AvgIpc) is 3.29. The molecule has 2 aromatic rings. The van der Waals surface area contributed by atoms with Crippen molar-refractivity contribution in [3.8, 4) is 11.1 Å². The van der Waals surface area contributed by atoms with Gasteiger partial charge in [0.15, 0.2) is 0 Å². The highest BCUT2D eigenvalue weighted by molar-refractivity contribution is 7.80.